The summed E-state index contributed by atoms with van der Waals surface area (Å²) >= 11 is 1.42. The number of hydrogen-bond donors (Lipinski definition) is 1. The fourth-order valence-corrected chi connectivity index (χ4v) is 3.71. The van der Waals surface area contributed by atoms with Crippen LogP contribution in [0, 0.1) is 6.92 Å². The molecular formula is C13H14BNO3S. The van der Waals surface area contributed by atoms with Crippen LogP contribution in [0.15, 0.2) is 24.3 Å². The van der Waals surface area contributed by atoms with Gasteiger partial charge in [0.2, 0.25) is 7.85 Å². The van der Waals surface area contributed by atoms with E-state index in [1.54, 1.807) is 0 Å². The Morgan fingerprint density at radius 2 is 2.00 bits per heavy atom. The number of benzene rings is 1. The molecule has 1 aliphatic heterocycles. The highest BCUT2D eigenvalue weighted by atomic mass is 32.2. The van der Waals surface area contributed by atoms with Crippen LogP contribution in [-0.4, -0.2) is 41.5 Å². The molecule has 6 heteroatoms. The molecular weight excluding hydrogens is 261 g/mol. The molecule has 0 bridgehead atoms. The van der Waals surface area contributed by atoms with Gasteiger partial charge in [0.25, 0.3) is 0 Å². The summed E-state index contributed by atoms with van der Waals surface area (Å²) in [5.74, 6) is -1.45. The summed E-state index contributed by atoms with van der Waals surface area (Å²) < 4.78 is -0.686. The predicted molar refractivity (Wildman–Crippen MR) is 75.4 cm³/mol. The topological polar surface area (TPSA) is 57.6 Å². The number of carbonyl (C=O) groups excluding carboxylic acids is 1. The van der Waals surface area contributed by atoms with E-state index in [-0.39, 0.29) is 5.88 Å². The first kappa shape index (κ1) is 14.0. The van der Waals surface area contributed by atoms with Gasteiger partial charge in [-0.1, -0.05) is 29.8 Å². The van der Waals surface area contributed by atoms with Crippen molar-refractivity contribution in [3.05, 3.63) is 35.4 Å². The zero-order chi connectivity index (χ0) is 14.2. The Morgan fingerprint density at radius 3 is 2.47 bits per heavy atom. The van der Waals surface area contributed by atoms with Crippen molar-refractivity contribution in [2.75, 3.05) is 5.88 Å². The lowest BCUT2D eigenvalue weighted by molar-refractivity contribution is -0.142. The van der Waals surface area contributed by atoms with Crippen LogP contribution in [0.2, 0.25) is 0 Å². The van der Waals surface area contributed by atoms with E-state index in [0.29, 0.717) is 0 Å². The average Bonchev–Trinajstić information content (AvgIpc) is 2.69. The van der Waals surface area contributed by atoms with Crippen molar-refractivity contribution in [2.24, 2.45) is 0 Å². The molecule has 2 radical (unpaired) electrons. The van der Waals surface area contributed by atoms with Gasteiger partial charge in [-0.25, -0.2) is 4.79 Å². The first-order valence-electron chi connectivity index (χ1n) is 5.86. The number of amides is 1. The summed E-state index contributed by atoms with van der Waals surface area (Å²) in [6.07, 6.45) is 0. The molecule has 0 aliphatic carbocycles. The van der Waals surface area contributed by atoms with Crippen LogP contribution in [0.1, 0.15) is 18.1 Å². The lowest BCUT2D eigenvalue weighted by Crippen LogP contribution is -2.48. The first-order chi connectivity index (χ1) is 8.86. The van der Waals surface area contributed by atoms with Crippen LogP contribution < -0.4 is 0 Å². The summed E-state index contributed by atoms with van der Waals surface area (Å²) in [6.45, 7) is 3.81. The van der Waals surface area contributed by atoms with Crippen molar-refractivity contribution in [3.63, 3.8) is 0 Å². The summed E-state index contributed by atoms with van der Waals surface area (Å²) in [6, 6.07) is 6.74. The lowest BCUT2D eigenvalue weighted by atomic mass is 9.89. The van der Waals surface area contributed by atoms with Crippen LogP contribution in [0.5, 0.6) is 0 Å². The first-order valence-corrected chi connectivity index (χ1v) is 6.85. The zero-order valence-corrected chi connectivity index (χ0v) is 11.6. The van der Waals surface area contributed by atoms with E-state index in [2.05, 4.69) is 0 Å². The van der Waals surface area contributed by atoms with Gasteiger partial charge in [-0.2, -0.15) is 0 Å². The van der Waals surface area contributed by atoms with Gasteiger partial charge in [0.15, 0.2) is 5.81 Å². The Bertz CT molecular complexity index is 519. The monoisotopic (exact) mass is 275 g/mol. The number of carbonyl (C=O) groups is 2. The number of aliphatic carboxylic acids is 1. The summed E-state index contributed by atoms with van der Waals surface area (Å²) in [4.78, 5) is 24.1. The van der Waals surface area contributed by atoms with Gasteiger partial charge >= 0.3 is 5.97 Å². The minimum absolute atomic E-state index is 0.288. The molecule has 0 saturated carbocycles. The molecule has 2 unspecified atom stereocenters. The molecule has 1 N–H and O–H groups in total. The minimum Gasteiger partial charge on any atom is -0.480 e. The minimum atomic E-state index is -1.04. The highest BCUT2D eigenvalue weighted by Gasteiger charge is 2.51. The van der Waals surface area contributed by atoms with Gasteiger partial charge in [-0.05, 0) is 19.4 Å². The molecule has 1 aromatic carbocycles. The fraction of sp³-hybridized carbons (Fsp3) is 0.385. The molecule has 1 saturated heterocycles. The predicted octanol–water partition coefficient (Wildman–Crippen LogP) is 1.96. The number of nitrogens with zero attached hydrogens (tertiary/aromatic N) is 1. The molecule has 19 heavy (non-hydrogen) atoms. The number of aryl methyl sites for hydroxylation is 1. The lowest BCUT2D eigenvalue weighted by Gasteiger charge is -2.31. The summed E-state index contributed by atoms with van der Waals surface area (Å²) in [5, 5.41) is 9.42. The average molecular weight is 275 g/mol. The smallest absolute Gasteiger partial charge is 0.328 e. The second-order valence-electron chi connectivity index (χ2n) is 4.80. The highest BCUT2D eigenvalue weighted by molar-refractivity contribution is 8.00. The molecule has 1 heterocycles. The molecule has 0 spiro atoms. The Kier molecular flexibility index (Phi) is 3.63. The third-order valence-electron chi connectivity index (χ3n) is 3.48. The maximum atomic E-state index is 11.5. The van der Waals surface area contributed by atoms with Gasteiger partial charge in [-0.15, -0.1) is 11.8 Å². The summed E-state index contributed by atoms with van der Waals surface area (Å²) in [7, 11) is 5.26. The number of hydrogen-bond acceptors (Lipinski definition) is 3. The van der Waals surface area contributed by atoms with Crippen molar-refractivity contribution in [3.8, 4) is 0 Å². The zero-order valence-electron chi connectivity index (χ0n) is 10.8. The second-order valence-corrected chi connectivity index (χ2v) is 6.19. The van der Waals surface area contributed by atoms with Crippen LogP contribution in [-0.2, 0) is 9.54 Å². The molecule has 1 fully saturated rings. The van der Waals surface area contributed by atoms with E-state index in [1.165, 1.54) is 16.7 Å². The second kappa shape index (κ2) is 4.92. The third-order valence-corrected chi connectivity index (χ3v) is 4.94. The van der Waals surface area contributed by atoms with Crippen LogP contribution in [0.3, 0.4) is 0 Å². The third kappa shape index (κ3) is 2.37. The van der Waals surface area contributed by atoms with Crippen molar-refractivity contribution in [1.29, 1.82) is 0 Å². The van der Waals surface area contributed by atoms with Crippen LogP contribution in [0.25, 0.3) is 0 Å². The molecule has 1 amide bonds. The van der Waals surface area contributed by atoms with E-state index in [0.717, 1.165) is 11.1 Å². The molecule has 2 rings (SSSR count). The van der Waals surface area contributed by atoms with E-state index in [4.69, 9.17) is 7.85 Å². The molecule has 0 aromatic heterocycles. The maximum absolute atomic E-state index is 11.5. The Labute approximate surface area is 117 Å². The van der Waals surface area contributed by atoms with Crippen molar-refractivity contribution >= 4 is 31.4 Å². The standard InChI is InChI=1S/C13H14BNO3S/c1-8-3-5-9(6-4-8)13(2)10(11(16)17)15(7-19-13)12(14)18/h3-6,10H,7H2,1-2H3,(H,16,17). The van der Waals surface area contributed by atoms with Crippen molar-refractivity contribution in [2.45, 2.75) is 24.6 Å². The number of thioether (sulfide) groups is 1. The van der Waals surface area contributed by atoms with E-state index in [9.17, 15) is 14.7 Å². The largest absolute Gasteiger partial charge is 0.480 e. The number of rotatable bonds is 2. The molecule has 98 valence electrons. The quantitative estimate of drug-likeness (QED) is 0.838. The van der Waals surface area contributed by atoms with Crippen LogP contribution >= 0.6 is 11.8 Å². The fourth-order valence-electron chi connectivity index (χ4n) is 2.34. The van der Waals surface area contributed by atoms with Crippen LogP contribution in [0.4, 0.5) is 4.79 Å². The van der Waals surface area contributed by atoms with Gasteiger partial charge in [-0.3, -0.25) is 4.79 Å². The highest BCUT2D eigenvalue weighted by Crippen LogP contribution is 2.47. The number of carboxylic acid groups (broad SMARTS) is 1. The van der Waals surface area contributed by atoms with E-state index >= 15 is 0 Å². The van der Waals surface area contributed by atoms with E-state index in [1.807, 2.05) is 38.1 Å². The maximum Gasteiger partial charge on any atom is 0.328 e. The van der Waals surface area contributed by atoms with Gasteiger partial charge in [0, 0.05) is 0 Å². The van der Waals surface area contributed by atoms with Gasteiger partial charge < -0.3 is 10.0 Å². The molecule has 1 aromatic rings. The molecule has 1 aliphatic rings. The van der Waals surface area contributed by atoms with Crippen molar-refractivity contribution < 1.29 is 14.7 Å². The molecule has 2 atom stereocenters. The SMILES string of the molecule is [B]C(=O)N1CSC(C)(c2ccc(C)cc2)C1C(=O)O. The molecule has 4 nitrogen and oxygen atoms in total. The Hall–Kier alpha value is -1.43. The van der Waals surface area contributed by atoms with E-state index < -0.39 is 22.6 Å². The van der Waals surface area contributed by atoms with Gasteiger partial charge in [0.05, 0.1) is 10.6 Å². The Morgan fingerprint density at radius 1 is 1.42 bits per heavy atom. The Balaban J connectivity index is 2.44. The number of carboxylic acids is 1. The van der Waals surface area contributed by atoms with Gasteiger partial charge in [0.1, 0.15) is 6.04 Å². The summed E-state index contributed by atoms with van der Waals surface area (Å²) in [5.41, 5.74) is 1.99. The normalized spacial score (nSPS) is 26.4. The van der Waals surface area contributed by atoms with Crippen molar-refractivity contribution in [1.82, 2.24) is 4.90 Å².